The summed E-state index contributed by atoms with van der Waals surface area (Å²) < 4.78 is 15.6. The van der Waals surface area contributed by atoms with Crippen molar-refractivity contribution in [3.05, 3.63) is 70.8 Å². The highest BCUT2D eigenvalue weighted by Gasteiger charge is 2.18. The first-order valence-corrected chi connectivity index (χ1v) is 8.42. The van der Waals surface area contributed by atoms with Crippen LogP contribution in [0.15, 0.2) is 48.7 Å². The van der Waals surface area contributed by atoms with E-state index in [1.165, 1.54) is 31.3 Å². The molecule has 0 radical (unpaired) electrons. The van der Waals surface area contributed by atoms with Crippen molar-refractivity contribution >= 4 is 34.8 Å². The van der Waals surface area contributed by atoms with Gasteiger partial charge in [-0.1, -0.05) is 23.7 Å². The maximum atomic E-state index is 14.0. The molecule has 8 heteroatoms. The smallest absolute Gasteiger partial charge is 0.259 e. The number of nitrogens with zero attached hydrogens (tertiary/aromatic N) is 2. The van der Waals surface area contributed by atoms with Crippen LogP contribution >= 0.6 is 11.6 Å². The van der Waals surface area contributed by atoms with Gasteiger partial charge in [0.15, 0.2) is 0 Å². The summed E-state index contributed by atoms with van der Waals surface area (Å²) in [5.74, 6) is -1.44. The monoisotopic (exact) mass is 386 g/mol. The van der Waals surface area contributed by atoms with E-state index in [0.717, 1.165) is 0 Å². The third-order valence-corrected chi connectivity index (χ3v) is 4.19. The molecule has 0 saturated heterocycles. The number of carbonyl (C=O) groups excluding carboxylic acids is 2. The predicted octanol–water partition coefficient (Wildman–Crippen LogP) is 4.18. The maximum Gasteiger partial charge on any atom is 0.259 e. The highest BCUT2D eigenvalue weighted by Crippen LogP contribution is 2.24. The molecule has 3 rings (SSSR count). The van der Waals surface area contributed by atoms with E-state index in [1.54, 1.807) is 29.8 Å². The van der Waals surface area contributed by atoms with Crippen LogP contribution in [0.2, 0.25) is 5.02 Å². The van der Waals surface area contributed by atoms with E-state index in [2.05, 4.69) is 15.7 Å². The second-order valence-electron chi connectivity index (χ2n) is 5.84. The molecule has 2 amide bonds. The first-order chi connectivity index (χ1) is 12.9. The lowest BCUT2D eigenvalue weighted by atomic mass is 10.2. The molecule has 0 unspecified atom stereocenters. The molecular formula is C19H16ClFN4O2. The number of halogens is 2. The Morgan fingerprint density at radius 3 is 2.59 bits per heavy atom. The van der Waals surface area contributed by atoms with Crippen molar-refractivity contribution in [1.29, 1.82) is 0 Å². The van der Waals surface area contributed by atoms with Crippen LogP contribution in [0.3, 0.4) is 0 Å². The lowest BCUT2D eigenvalue weighted by molar-refractivity contribution is -0.114. The van der Waals surface area contributed by atoms with Crippen LogP contribution in [0.25, 0.3) is 5.69 Å². The normalized spacial score (nSPS) is 10.5. The molecule has 138 valence electrons. The molecule has 3 aromatic rings. The molecule has 27 heavy (non-hydrogen) atoms. The Bertz CT molecular complexity index is 1030. The highest BCUT2D eigenvalue weighted by molar-refractivity contribution is 6.32. The highest BCUT2D eigenvalue weighted by atomic mass is 35.5. The van der Waals surface area contributed by atoms with Crippen molar-refractivity contribution in [1.82, 2.24) is 9.78 Å². The van der Waals surface area contributed by atoms with Crippen molar-refractivity contribution < 1.29 is 14.0 Å². The van der Waals surface area contributed by atoms with E-state index in [0.29, 0.717) is 22.1 Å². The van der Waals surface area contributed by atoms with Crippen LogP contribution in [0.5, 0.6) is 0 Å². The van der Waals surface area contributed by atoms with Crippen LogP contribution in [0, 0.1) is 12.7 Å². The fraction of sp³-hybridized carbons (Fsp3) is 0.105. The Balaban J connectivity index is 1.88. The third-order valence-electron chi connectivity index (χ3n) is 3.87. The SMILES string of the molecule is CC(=O)Nc1ccc(F)c(NC(=O)c2cnn(-c3ccccc3Cl)c2C)c1. The van der Waals surface area contributed by atoms with E-state index < -0.39 is 11.7 Å². The van der Waals surface area contributed by atoms with E-state index in [-0.39, 0.29) is 17.2 Å². The molecule has 0 aliphatic rings. The molecule has 0 aliphatic heterocycles. The predicted molar refractivity (Wildman–Crippen MR) is 102 cm³/mol. The zero-order valence-electron chi connectivity index (χ0n) is 14.6. The number of hydrogen-bond acceptors (Lipinski definition) is 3. The number of amides is 2. The first-order valence-electron chi connectivity index (χ1n) is 8.05. The minimum absolute atomic E-state index is 0.0452. The van der Waals surface area contributed by atoms with Gasteiger partial charge in [-0.15, -0.1) is 0 Å². The van der Waals surface area contributed by atoms with Gasteiger partial charge in [-0.25, -0.2) is 9.07 Å². The van der Waals surface area contributed by atoms with E-state index in [4.69, 9.17) is 11.6 Å². The summed E-state index contributed by atoms with van der Waals surface area (Å²) in [5.41, 5.74) is 1.80. The Labute approximate surface area is 160 Å². The van der Waals surface area contributed by atoms with Gasteiger partial charge < -0.3 is 10.6 Å². The fourth-order valence-corrected chi connectivity index (χ4v) is 2.81. The van der Waals surface area contributed by atoms with Gasteiger partial charge in [0.2, 0.25) is 5.91 Å². The minimum atomic E-state index is -0.617. The van der Waals surface area contributed by atoms with Gasteiger partial charge in [0.1, 0.15) is 5.82 Å². The van der Waals surface area contributed by atoms with Crippen molar-refractivity contribution in [2.75, 3.05) is 10.6 Å². The number of hydrogen-bond donors (Lipinski definition) is 2. The number of anilines is 2. The van der Waals surface area contributed by atoms with Gasteiger partial charge >= 0.3 is 0 Å². The number of benzene rings is 2. The number of carbonyl (C=O) groups is 2. The Morgan fingerprint density at radius 2 is 1.89 bits per heavy atom. The van der Waals surface area contributed by atoms with Gasteiger partial charge in [-0.2, -0.15) is 5.10 Å². The molecule has 0 bridgehead atoms. The zero-order valence-corrected chi connectivity index (χ0v) is 15.3. The molecule has 2 aromatic carbocycles. The molecule has 0 fully saturated rings. The summed E-state index contributed by atoms with van der Waals surface area (Å²) in [4.78, 5) is 23.7. The van der Waals surface area contributed by atoms with Gasteiger partial charge in [0.25, 0.3) is 5.91 Å². The van der Waals surface area contributed by atoms with E-state index in [1.807, 2.05) is 6.07 Å². The van der Waals surface area contributed by atoms with Crippen molar-refractivity contribution in [3.8, 4) is 5.69 Å². The largest absolute Gasteiger partial charge is 0.326 e. The topological polar surface area (TPSA) is 76.0 Å². The molecule has 0 spiro atoms. The fourth-order valence-electron chi connectivity index (χ4n) is 2.59. The summed E-state index contributed by atoms with van der Waals surface area (Å²) in [6, 6.07) is 11.0. The average molecular weight is 387 g/mol. The summed E-state index contributed by atoms with van der Waals surface area (Å²) >= 11 is 6.18. The number of para-hydroxylation sites is 1. The van der Waals surface area contributed by atoms with Gasteiger partial charge in [0.05, 0.1) is 33.9 Å². The lowest BCUT2D eigenvalue weighted by Gasteiger charge is -2.10. The first kappa shape index (κ1) is 18.6. The maximum absolute atomic E-state index is 14.0. The summed E-state index contributed by atoms with van der Waals surface area (Å²) in [5, 5.41) is 9.75. The van der Waals surface area contributed by atoms with E-state index in [9.17, 15) is 14.0 Å². The third kappa shape index (κ3) is 3.98. The zero-order chi connectivity index (χ0) is 19.6. The van der Waals surface area contributed by atoms with Crippen LogP contribution in [-0.4, -0.2) is 21.6 Å². The standard InChI is InChI=1S/C19H16ClFN4O2/c1-11-14(10-22-25(11)18-6-4-3-5-15(18)20)19(27)24-17-9-13(23-12(2)26)7-8-16(17)21/h3-10H,1-2H3,(H,23,26)(H,24,27). The van der Waals surface area contributed by atoms with Crippen molar-refractivity contribution in [2.24, 2.45) is 0 Å². The van der Waals surface area contributed by atoms with Crippen LogP contribution < -0.4 is 10.6 Å². The van der Waals surface area contributed by atoms with Crippen LogP contribution in [0.4, 0.5) is 15.8 Å². The molecular weight excluding hydrogens is 371 g/mol. The number of aromatic nitrogens is 2. The van der Waals surface area contributed by atoms with Crippen molar-refractivity contribution in [2.45, 2.75) is 13.8 Å². The average Bonchev–Trinajstić information content (AvgIpc) is 2.99. The molecule has 0 atom stereocenters. The Hall–Kier alpha value is -3.19. The minimum Gasteiger partial charge on any atom is -0.326 e. The Morgan fingerprint density at radius 1 is 1.15 bits per heavy atom. The molecule has 2 N–H and O–H groups in total. The second-order valence-corrected chi connectivity index (χ2v) is 6.24. The molecule has 1 heterocycles. The van der Waals surface area contributed by atoms with Crippen molar-refractivity contribution in [3.63, 3.8) is 0 Å². The second kappa shape index (κ2) is 7.59. The van der Waals surface area contributed by atoms with Gasteiger partial charge in [-0.05, 0) is 37.3 Å². The van der Waals surface area contributed by atoms with Gasteiger partial charge in [-0.3, -0.25) is 9.59 Å². The number of rotatable bonds is 4. The summed E-state index contributed by atoms with van der Waals surface area (Å²) in [6.45, 7) is 3.06. The van der Waals surface area contributed by atoms with Crippen LogP contribution in [-0.2, 0) is 4.79 Å². The quantitative estimate of drug-likeness (QED) is 0.706. The molecule has 0 saturated carbocycles. The molecule has 0 aliphatic carbocycles. The molecule has 1 aromatic heterocycles. The van der Waals surface area contributed by atoms with Gasteiger partial charge in [0, 0.05) is 12.6 Å². The molecule has 6 nitrogen and oxygen atoms in total. The lowest BCUT2D eigenvalue weighted by Crippen LogP contribution is -2.15. The van der Waals surface area contributed by atoms with Crippen LogP contribution in [0.1, 0.15) is 23.0 Å². The summed E-state index contributed by atoms with van der Waals surface area (Å²) in [6.07, 6.45) is 1.39. The number of nitrogens with one attached hydrogen (secondary N) is 2. The Kier molecular flexibility index (Phi) is 5.23. The van der Waals surface area contributed by atoms with E-state index >= 15 is 0 Å². The summed E-state index contributed by atoms with van der Waals surface area (Å²) in [7, 11) is 0.